The van der Waals surface area contributed by atoms with Crippen molar-refractivity contribution >= 4 is 34.0 Å². The van der Waals surface area contributed by atoms with Crippen LogP contribution in [-0.4, -0.2) is 64.1 Å². The van der Waals surface area contributed by atoms with E-state index in [0.29, 0.717) is 50.9 Å². The number of rotatable bonds is 6. The molecule has 1 aromatic carbocycles. The molecule has 2 aliphatic heterocycles. The second kappa shape index (κ2) is 9.70. The lowest BCUT2D eigenvalue weighted by molar-refractivity contribution is -0.120. The molecule has 2 fully saturated rings. The highest BCUT2D eigenvalue weighted by Gasteiger charge is 2.30. The number of carbonyl (C=O) groups is 1. The van der Waals surface area contributed by atoms with Gasteiger partial charge in [0, 0.05) is 25.3 Å². The Labute approximate surface area is 166 Å². The van der Waals surface area contributed by atoms with E-state index in [4.69, 9.17) is 9.47 Å². The maximum Gasteiger partial charge on any atom is 0.246 e. The Kier molecular flexibility index (Phi) is 7.87. The minimum atomic E-state index is -3.66. The number of ether oxygens (including phenoxy) is 2. The summed E-state index contributed by atoms with van der Waals surface area (Å²) in [5.74, 6) is 0.0508. The minimum absolute atomic E-state index is 0. The van der Waals surface area contributed by atoms with Crippen LogP contribution >= 0.6 is 12.4 Å². The van der Waals surface area contributed by atoms with Gasteiger partial charge in [0.1, 0.15) is 16.7 Å². The van der Waals surface area contributed by atoms with Crippen LogP contribution in [0.2, 0.25) is 0 Å². The van der Waals surface area contributed by atoms with E-state index in [1.807, 2.05) is 0 Å². The van der Waals surface area contributed by atoms with Crippen LogP contribution in [0.3, 0.4) is 0 Å². The van der Waals surface area contributed by atoms with Crippen LogP contribution in [-0.2, 0) is 19.6 Å². The lowest BCUT2D eigenvalue weighted by Gasteiger charge is -2.23. The van der Waals surface area contributed by atoms with E-state index in [0.717, 1.165) is 12.8 Å². The van der Waals surface area contributed by atoms with Crippen LogP contribution in [0.15, 0.2) is 23.1 Å². The SMILES string of the molecule is CCOc1ccc(NC(=O)C2COCCN2)cc1S(=O)(=O)N1CCCC1.Cl. The first kappa shape index (κ1) is 21.9. The Bertz CT molecular complexity index is 747. The third-order valence-electron chi connectivity index (χ3n) is 4.43. The second-order valence-corrected chi connectivity index (χ2v) is 8.18. The molecule has 1 unspecified atom stereocenters. The molecular formula is C17H26ClN3O5S. The molecule has 1 amide bonds. The van der Waals surface area contributed by atoms with Crippen molar-refractivity contribution in [1.29, 1.82) is 0 Å². The highest BCUT2D eigenvalue weighted by atomic mass is 35.5. The van der Waals surface area contributed by atoms with Crippen molar-refractivity contribution in [2.24, 2.45) is 0 Å². The van der Waals surface area contributed by atoms with Gasteiger partial charge in [-0.1, -0.05) is 0 Å². The zero-order chi connectivity index (χ0) is 18.6. The third-order valence-corrected chi connectivity index (χ3v) is 6.35. The van der Waals surface area contributed by atoms with Crippen LogP contribution in [0.1, 0.15) is 19.8 Å². The second-order valence-electron chi connectivity index (χ2n) is 6.28. The van der Waals surface area contributed by atoms with Crippen molar-refractivity contribution in [3.8, 4) is 5.75 Å². The average Bonchev–Trinajstić information content (AvgIpc) is 3.19. The fourth-order valence-electron chi connectivity index (χ4n) is 3.09. The smallest absolute Gasteiger partial charge is 0.246 e. The van der Waals surface area contributed by atoms with Crippen LogP contribution in [0, 0.1) is 0 Å². The van der Waals surface area contributed by atoms with Gasteiger partial charge in [-0.05, 0) is 38.0 Å². The zero-order valence-electron chi connectivity index (χ0n) is 15.3. The Hall–Kier alpha value is -1.39. The van der Waals surface area contributed by atoms with Crippen molar-refractivity contribution < 1.29 is 22.7 Å². The van der Waals surface area contributed by atoms with Gasteiger partial charge in [0.05, 0.1) is 19.8 Å². The summed E-state index contributed by atoms with van der Waals surface area (Å²) in [5.41, 5.74) is 0.420. The molecule has 10 heteroatoms. The summed E-state index contributed by atoms with van der Waals surface area (Å²) in [4.78, 5) is 12.4. The predicted molar refractivity (Wildman–Crippen MR) is 104 cm³/mol. The number of amides is 1. The molecule has 0 radical (unpaired) electrons. The summed E-state index contributed by atoms with van der Waals surface area (Å²) in [6.07, 6.45) is 1.71. The Balaban J connectivity index is 0.00000261. The number of hydrogen-bond acceptors (Lipinski definition) is 6. The summed E-state index contributed by atoms with van der Waals surface area (Å²) in [6.45, 7) is 4.65. The van der Waals surface area contributed by atoms with Gasteiger partial charge >= 0.3 is 0 Å². The van der Waals surface area contributed by atoms with Gasteiger partial charge in [-0.15, -0.1) is 12.4 Å². The molecule has 8 nitrogen and oxygen atoms in total. The molecule has 1 aromatic rings. The summed E-state index contributed by atoms with van der Waals surface area (Å²) in [5, 5.41) is 5.84. The molecule has 1 atom stereocenters. The van der Waals surface area contributed by atoms with E-state index in [2.05, 4.69) is 10.6 Å². The largest absolute Gasteiger partial charge is 0.492 e. The molecule has 2 heterocycles. The van der Waals surface area contributed by atoms with E-state index in [9.17, 15) is 13.2 Å². The molecule has 0 spiro atoms. The number of nitrogens with one attached hydrogen (secondary N) is 2. The summed E-state index contributed by atoms with van der Waals surface area (Å²) < 4.78 is 38.2. The number of morpholine rings is 1. The number of carbonyl (C=O) groups excluding carboxylic acids is 1. The minimum Gasteiger partial charge on any atom is -0.492 e. The van der Waals surface area contributed by atoms with Gasteiger partial charge in [0.15, 0.2) is 0 Å². The molecule has 152 valence electrons. The van der Waals surface area contributed by atoms with E-state index in [1.165, 1.54) is 10.4 Å². The molecule has 2 N–H and O–H groups in total. The van der Waals surface area contributed by atoms with E-state index < -0.39 is 16.1 Å². The monoisotopic (exact) mass is 419 g/mol. The molecule has 3 rings (SSSR count). The third kappa shape index (κ3) is 5.11. The average molecular weight is 420 g/mol. The highest BCUT2D eigenvalue weighted by molar-refractivity contribution is 7.89. The molecular weight excluding hydrogens is 394 g/mol. The van der Waals surface area contributed by atoms with E-state index in [-0.39, 0.29) is 23.2 Å². The number of sulfonamides is 1. The van der Waals surface area contributed by atoms with Crippen molar-refractivity contribution in [3.63, 3.8) is 0 Å². The van der Waals surface area contributed by atoms with Gasteiger partial charge in [-0.25, -0.2) is 8.42 Å². The van der Waals surface area contributed by atoms with Crippen LogP contribution in [0.4, 0.5) is 5.69 Å². The standard InChI is InChI=1S/C17H25N3O5S.ClH/c1-2-25-15-6-5-13(19-17(21)14-12-24-10-7-18-14)11-16(15)26(22,23)20-8-3-4-9-20;/h5-6,11,14,18H,2-4,7-10,12H2,1H3,(H,19,21);1H. The Morgan fingerprint density at radius 2 is 2.11 bits per heavy atom. The number of anilines is 1. The first-order valence-electron chi connectivity index (χ1n) is 8.91. The first-order chi connectivity index (χ1) is 12.5. The lowest BCUT2D eigenvalue weighted by Crippen LogP contribution is -2.48. The maximum atomic E-state index is 13.0. The molecule has 2 saturated heterocycles. The summed E-state index contributed by atoms with van der Waals surface area (Å²) >= 11 is 0. The van der Waals surface area contributed by atoms with Crippen LogP contribution in [0.5, 0.6) is 5.75 Å². The zero-order valence-corrected chi connectivity index (χ0v) is 16.9. The fourth-order valence-corrected chi connectivity index (χ4v) is 4.77. The van der Waals surface area contributed by atoms with Gasteiger partial charge in [-0.3, -0.25) is 4.79 Å². The molecule has 0 aliphatic carbocycles. The van der Waals surface area contributed by atoms with Crippen molar-refractivity contribution in [2.45, 2.75) is 30.7 Å². The van der Waals surface area contributed by atoms with Gasteiger partial charge in [0.25, 0.3) is 0 Å². The maximum absolute atomic E-state index is 13.0. The summed E-state index contributed by atoms with van der Waals surface area (Å²) in [6, 6.07) is 4.26. The highest BCUT2D eigenvalue weighted by Crippen LogP contribution is 2.31. The van der Waals surface area contributed by atoms with Crippen LogP contribution in [0.25, 0.3) is 0 Å². The quantitative estimate of drug-likeness (QED) is 0.719. The number of hydrogen-bond donors (Lipinski definition) is 2. The van der Waals surface area contributed by atoms with Gasteiger partial charge in [-0.2, -0.15) is 4.31 Å². The van der Waals surface area contributed by atoms with Crippen molar-refractivity contribution in [1.82, 2.24) is 9.62 Å². The first-order valence-corrected chi connectivity index (χ1v) is 10.4. The van der Waals surface area contributed by atoms with Gasteiger partial charge < -0.3 is 20.1 Å². The molecule has 0 saturated carbocycles. The van der Waals surface area contributed by atoms with Crippen molar-refractivity contribution in [3.05, 3.63) is 18.2 Å². The predicted octanol–water partition coefficient (Wildman–Crippen LogP) is 1.22. The topological polar surface area (TPSA) is 97.0 Å². The number of nitrogens with zero attached hydrogens (tertiary/aromatic N) is 1. The Morgan fingerprint density at radius 3 is 2.74 bits per heavy atom. The van der Waals surface area contributed by atoms with Crippen LogP contribution < -0.4 is 15.4 Å². The van der Waals surface area contributed by atoms with E-state index >= 15 is 0 Å². The number of halogens is 1. The lowest BCUT2D eigenvalue weighted by atomic mass is 10.2. The molecule has 2 aliphatic rings. The molecule has 0 aromatic heterocycles. The fraction of sp³-hybridized carbons (Fsp3) is 0.588. The molecule has 27 heavy (non-hydrogen) atoms. The Morgan fingerprint density at radius 1 is 1.37 bits per heavy atom. The normalized spacial score (nSPS) is 20.7. The van der Waals surface area contributed by atoms with Crippen molar-refractivity contribution in [2.75, 3.05) is 44.8 Å². The van der Waals surface area contributed by atoms with Gasteiger partial charge in [0.2, 0.25) is 15.9 Å². The molecule has 0 bridgehead atoms. The number of benzene rings is 1. The summed E-state index contributed by atoms with van der Waals surface area (Å²) in [7, 11) is -3.66. The van der Waals surface area contributed by atoms with E-state index in [1.54, 1.807) is 19.1 Å².